The Morgan fingerprint density at radius 1 is 1.04 bits per heavy atom. The molecule has 0 spiro atoms. The first-order valence-corrected chi connectivity index (χ1v) is 9.38. The van der Waals surface area contributed by atoms with Crippen molar-refractivity contribution >= 4 is 11.6 Å². The zero-order valence-electron chi connectivity index (χ0n) is 14.8. The van der Waals surface area contributed by atoms with E-state index in [1.165, 1.54) is 5.56 Å². The highest BCUT2D eigenvalue weighted by Gasteiger charge is 2.37. The van der Waals surface area contributed by atoms with Crippen molar-refractivity contribution in [3.05, 3.63) is 65.7 Å². The summed E-state index contributed by atoms with van der Waals surface area (Å²) in [6.07, 6.45) is 4.09. The molecule has 0 bridgehead atoms. The lowest BCUT2D eigenvalue weighted by Gasteiger charge is -2.39. The number of benzene rings is 2. The lowest BCUT2D eigenvalue weighted by Crippen LogP contribution is -2.51. The maximum Gasteiger partial charge on any atom is 0.242 e. The average molecular weight is 345 g/mol. The summed E-state index contributed by atoms with van der Waals surface area (Å²) in [7, 11) is 0. The summed E-state index contributed by atoms with van der Waals surface area (Å²) in [5.74, 6) is 0.572. The summed E-state index contributed by atoms with van der Waals surface area (Å²) in [5, 5.41) is 12.3. The summed E-state index contributed by atoms with van der Waals surface area (Å²) < 4.78 is 0. The number of hydrogen-bond donors (Lipinski definition) is 1. The van der Waals surface area contributed by atoms with Crippen molar-refractivity contribution in [2.24, 2.45) is 0 Å². The van der Waals surface area contributed by atoms with Gasteiger partial charge in [0.2, 0.25) is 5.91 Å². The minimum Gasteiger partial charge on any atom is -0.360 e. The predicted molar refractivity (Wildman–Crippen MR) is 102 cm³/mol. The van der Waals surface area contributed by atoms with E-state index in [1.807, 2.05) is 30.3 Å². The molecule has 2 fully saturated rings. The smallest absolute Gasteiger partial charge is 0.242 e. The number of carbonyl (C=O) groups excluding carboxylic acids is 1. The fourth-order valence-electron chi connectivity index (χ4n) is 4.13. The van der Waals surface area contributed by atoms with Gasteiger partial charge in [-0.05, 0) is 55.5 Å². The minimum atomic E-state index is -0.111. The van der Waals surface area contributed by atoms with Crippen LogP contribution in [0.3, 0.4) is 0 Å². The Labute approximate surface area is 154 Å². The van der Waals surface area contributed by atoms with Crippen LogP contribution in [0, 0.1) is 11.3 Å². The van der Waals surface area contributed by atoms with Crippen LogP contribution in [-0.2, 0) is 4.79 Å². The molecule has 1 N–H and O–H groups in total. The van der Waals surface area contributed by atoms with Crippen LogP contribution in [0.5, 0.6) is 0 Å². The quantitative estimate of drug-likeness (QED) is 0.921. The average Bonchev–Trinajstić information content (AvgIpc) is 3.16. The Morgan fingerprint density at radius 3 is 2.46 bits per heavy atom. The second kappa shape index (κ2) is 7.21. The van der Waals surface area contributed by atoms with Gasteiger partial charge in [-0.2, -0.15) is 5.26 Å². The van der Waals surface area contributed by atoms with Gasteiger partial charge in [-0.25, -0.2) is 0 Å². The molecular formula is C22H23N3O. The van der Waals surface area contributed by atoms with E-state index in [1.54, 1.807) is 0 Å². The first-order chi connectivity index (χ1) is 12.8. The second-order valence-electron chi connectivity index (χ2n) is 7.22. The van der Waals surface area contributed by atoms with Crippen LogP contribution in [-0.4, -0.2) is 24.5 Å². The van der Waals surface area contributed by atoms with Crippen LogP contribution in [0.25, 0.3) is 0 Å². The molecule has 0 aromatic heterocycles. The summed E-state index contributed by atoms with van der Waals surface area (Å²) in [4.78, 5) is 15.1. The van der Waals surface area contributed by atoms with Crippen LogP contribution in [0.4, 0.5) is 5.69 Å². The molecule has 4 nitrogen and oxygen atoms in total. The number of nitriles is 1. The third-order valence-electron chi connectivity index (χ3n) is 5.71. The second-order valence-corrected chi connectivity index (χ2v) is 7.22. The summed E-state index contributed by atoms with van der Waals surface area (Å²) in [5.41, 5.74) is 2.99. The van der Waals surface area contributed by atoms with E-state index in [0.29, 0.717) is 11.5 Å². The van der Waals surface area contributed by atoms with Crippen molar-refractivity contribution < 1.29 is 4.79 Å². The SMILES string of the molecule is N#Cc1ccc(N2CCCC2C(=O)N[C@@H]2CC[C@@H]2c2ccccc2)cc1. The number of nitrogens with one attached hydrogen (secondary N) is 1. The summed E-state index contributed by atoms with van der Waals surface area (Å²) in [6.45, 7) is 0.886. The number of nitrogens with zero attached hydrogens (tertiary/aromatic N) is 2. The Morgan fingerprint density at radius 2 is 1.81 bits per heavy atom. The first-order valence-electron chi connectivity index (χ1n) is 9.38. The normalized spacial score (nSPS) is 24.6. The van der Waals surface area contributed by atoms with Crippen LogP contribution in [0.15, 0.2) is 54.6 Å². The lowest BCUT2D eigenvalue weighted by atomic mass is 9.75. The van der Waals surface area contributed by atoms with E-state index >= 15 is 0 Å². The molecule has 0 radical (unpaired) electrons. The zero-order chi connectivity index (χ0) is 17.9. The first kappa shape index (κ1) is 16.7. The van der Waals surface area contributed by atoms with E-state index in [2.05, 4.69) is 40.6 Å². The van der Waals surface area contributed by atoms with Gasteiger partial charge in [0.15, 0.2) is 0 Å². The molecule has 3 atom stereocenters. The lowest BCUT2D eigenvalue weighted by molar-refractivity contribution is -0.123. The highest BCUT2D eigenvalue weighted by Crippen LogP contribution is 2.37. The molecule has 1 aliphatic heterocycles. The van der Waals surface area contributed by atoms with Crippen LogP contribution in [0.2, 0.25) is 0 Å². The van der Waals surface area contributed by atoms with Gasteiger partial charge in [-0.1, -0.05) is 30.3 Å². The van der Waals surface area contributed by atoms with Crippen molar-refractivity contribution in [1.29, 1.82) is 5.26 Å². The van der Waals surface area contributed by atoms with Gasteiger partial charge in [0.05, 0.1) is 11.6 Å². The van der Waals surface area contributed by atoms with Crippen molar-refractivity contribution in [3.8, 4) is 6.07 Å². The van der Waals surface area contributed by atoms with E-state index in [-0.39, 0.29) is 18.0 Å². The van der Waals surface area contributed by atoms with E-state index in [0.717, 1.165) is 37.9 Å². The number of hydrogen-bond acceptors (Lipinski definition) is 3. The third kappa shape index (κ3) is 3.17. The standard InChI is InChI=1S/C22H23N3O/c23-15-16-8-10-18(11-9-16)25-14-4-7-21(25)22(26)24-20-13-12-19(20)17-5-2-1-3-6-17/h1-3,5-6,8-11,19-21H,4,7,12-14H2,(H,24,26)/t19-,20-,21?/m1/s1. The van der Waals surface area contributed by atoms with Crippen molar-refractivity contribution in [1.82, 2.24) is 5.32 Å². The van der Waals surface area contributed by atoms with Crippen molar-refractivity contribution in [2.45, 2.75) is 43.7 Å². The van der Waals surface area contributed by atoms with Gasteiger partial charge in [0, 0.05) is 24.2 Å². The van der Waals surface area contributed by atoms with E-state index < -0.39 is 0 Å². The monoisotopic (exact) mass is 345 g/mol. The van der Waals surface area contributed by atoms with Gasteiger partial charge < -0.3 is 10.2 Å². The molecule has 2 aliphatic rings. The predicted octanol–water partition coefficient (Wildman–Crippen LogP) is 3.59. The Hall–Kier alpha value is -2.80. The number of carbonyl (C=O) groups is 1. The molecular weight excluding hydrogens is 322 g/mol. The Bertz CT molecular complexity index is 810. The number of amides is 1. The molecule has 1 saturated heterocycles. The van der Waals surface area contributed by atoms with Crippen LogP contribution in [0.1, 0.15) is 42.7 Å². The minimum absolute atomic E-state index is 0.111. The van der Waals surface area contributed by atoms with E-state index in [4.69, 9.17) is 5.26 Å². The molecule has 4 heteroatoms. The molecule has 1 amide bonds. The molecule has 1 aliphatic carbocycles. The van der Waals surface area contributed by atoms with Gasteiger partial charge in [-0.15, -0.1) is 0 Å². The summed E-state index contributed by atoms with van der Waals surface area (Å²) >= 11 is 0. The van der Waals surface area contributed by atoms with Crippen LogP contribution < -0.4 is 10.2 Å². The fraction of sp³-hybridized carbons (Fsp3) is 0.364. The Kier molecular flexibility index (Phi) is 4.62. The van der Waals surface area contributed by atoms with Gasteiger partial charge in [0.1, 0.15) is 6.04 Å². The van der Waals surface area contributed by atoms with Gasteiger partial charge in [0.25, 0.3) is 0 Å². The zero-order valence-corrected chi connectivity index (χ0v) is 14.8. The summed E-state index contributed by atoms with van der Waals surface area (Å²) in [6, 6.07) is 20.3. The highest BCUT2D eigenvalue weighted by atomic mass is 16.2. The van der Waals surface area contributed by atoms with E-state index in [9.17, 15) is 4.79 Å². The van der Waals surface area contributed by atoms with Crippen LogP contribution >= 0.6 is 0 Å². The maximum atomic E-state index is 12.9. The fourth-order valence-corrected chi connectivity index (χ4v) is 4.13. The third-order valence-corrected chi connectivity index (χ3v) is 5.71. The molecule has 1 saturated carbocycles. The molecule has 132 valence electrons. The molecule has 26 heavy (non-hydrogen) atoms. The van der Waals surface area contributed by atoms with Crippen molar-refractivity contribution in [3.63, 3.8) is 0 Å². The molecule has 4 rings (SSSR count). The number of anilines is 1. The largest absolute Gasteiger partial charge is 0.360 e. The molecule has 2 aromatic carbocycles. The Balaban J connectivity index is 1.43. The maximum absolute atomic E-state index is 12.9. The number of rotatable bonds is 4. The topological polar surface area (TPSA) is 56.1 Å². The molecule has 1 heterocycles. The van der Waals surface area contributed by atoms with Crippen molar-refractivity contribution in [2.75, 3.05) is 11.4 Å². The highest BCUT2D eigenvalue weighted by molar-refractivity contribution is 5.86. The molecule has 2 aromatic rings. The van der Waals surface area contributed by atoms with Gasteiger partial charge in [-0.3, -0.25) is 4.79 Å². The molecule has 1 unspecified atom stereocenters. The van der Waals surface area contributed by atoms with Gasteiger partial charge >= 0.3 is 0 Å².